The quantitative estimate of drug-likeness (QED) is 0.576. The van der Waals surface area contributed by atoms with Crippen LogP contribution in [0.2, 0.25) is 0 Å². The number of hydrogen-bond donors (Lipinski definition) is 1. The number of amides is 1. The summed E-state index contributed by atoms with van der Waals surface area (Å²) in [4.78, 5) is 11.3. The second kappa shape index (κ2) is 5.92. The summed E-state index contributed by atoms with van der Waals surface area (Å²) in [5.41, 5.74) is -0.292. The lowest BCUT2D eigenvalue weighted by molar-refractivity contribution is 0.0526. The van der Waals surface area contributed by atoms with Crippen molar-refractivity contribution in [3.05, 3.63) is 12.7 Å². The molecular weight excluding hydrogens is 202 g/mol. The summed E-state index contributed by atoms with van der Waals surface area (Å²) >= 11 is 0. The van der Waals surface area contributed by atoms with Crippen LogP contribution in [0.5, 0.6) is 0 Å². The highest BCUT2D eigenvalue weighted by Gasteiger charge is 2.16. The van der Waals surface area contributed by atoms with Crippen LogP contribution in [0, 0.1) is 5.41 Å². The lowest BCUT2D eigenvalue weighted by atomic mass is 9.88. The van der Waals surface area contributed by atoms with E-state index in [1.165, 1.54) is 0 Å². The highest BCUT2D eigenvalue weighted by molar-refractivity contribution is 5.67. The van der Waals surface area contributed by atoms with Gasteiger partial charge in [0.05, 0.1) is 0 Å². The Morgan fingerprint density at radius 3 is 2.31 bits per heavy atom. The molecule has 0 spiro atoms. The molecule has 16 heavy (non-hydrogen) atoms. The summed E-state index contributed by atoms with van der Waals surface area (Å²) < 4.78 is 5.13. The molecule has 0 fully saturated rings. The number of nitrogens with one attached hydrogen (secondary N) is 1. The van der Waals surface area contributed by atoms with E-state index >= 15 is 0 Å². The fourth-order valence-corrected chi connectivity index (χ4v) is 1.15. The van der Waals surface area contributed by atoms with E-state index in [9.17, 15) is 4.79 Å². The predicted octanol–water partition coefficient (Wildman–Crippen LogP) is 3.50. The Labute approximate surface area is 99.3 Å². The number of carbonyl (C=O) groups is 1. The molecule has 94 valence electrons. The molecule has 0 unspecified atom stereocenters. The van der Waals surface area contributed by atoms with E-state index in [2.05, 4.69) is 25.7 Å². The molecule has 0 aliphatic carbocycles. The summed E-state index contributed by atoms with van der Waals surface area (Å²) in [6.07, 6.45) is 3.54. The van der Waals surface area contributed by atoms with Gasteiger partial charge >= 0.3 is 6.09 Å². The zero-order valence-electron chi connectivity index (χ0n) is 11.2. The van der Waals surface area contributed by atoms with E-state index in [0.717, 1.165) is 12.8 Å². The lowest BCUT2D eigenvalue weighted by Gasteiger charge is -2.21. The molecule has 3 nitrogen and oxygen atoms in total. The molecule has 1 amide bonds. The number of allylic oxidation sites excluding steroid dienone is 1. The van der Waals surface area contributed by atoms with E-state index in [4.69, 9.17) is 4.74 Å². The molecule has 0 rings (SSSR count). The molecule has 0 aliphatic rings. The first kappa shape index (κ1) is 15.0. The molecule has 0 aromatic heterocycles. The highest BCUT2D eigenvalue weighted by Crippen LogP contribution is 2.22. The van der Waals surface area contributed by atoms with Crippen LogP contribution >= 0.6 is 0 Å². The van der Waals surface area contributed by atoms with Crippen LogP contribution < -0.4 is 5.32 Å². The maximum absolute atomic E-state index is 11.3. The first-order chi connectivity index (χ1) is 7.16. The van der Waals surface area contributed by atoms with Crippen molar-refractivity contribution in [2.75, 3.05) is 6.54 Å². The average molecular weight is 227 g/mol. The van der Waals surface area contributed by atoms with Gasteiger partial charge < -0.3 is 10.1 Å². The topological polar surface area (TPSA) is 38.3 Å². The minimum absolute atomic E-state index is 0.135. The number of ether oxygens (including phenoxy) is 1. The second-order valence-corrected chi connectivity index (χ2v) is 5.72. The van der Waals surface area contributed by atoms with Gasteiger partial charge in [-0.1, -0.05) is 19.9 Å². The predicted molar refractivity (Wildman–Crippen MR) is 67.4 cm³/mol. The van der Waals surface area contributed by atoms with Gasteiger partial charge in [0.1, 0.15) is 5.60 Å². The van der Waals surface area contributed by atoms with Gasteiger partial charge in [0.25, 0.3) is 0 Å². The smallest absolute Gasteiger partial charge is 0.407 e. The highest BCUT2D eigenvalue weighted by atomic mass is 16.6. The SMILES string of the molecule is C=CC(C)(C)CCCNC(=O)OC(C)(C)C. The molecule has 0 heterocycles. The van der Waals surface area contributed by atoms with Crippen molar-refractivity contribution in [3.63, 3.8) is 0 Å². The first-order valence-corrected chi connectivity index (χ1v) is 5.77. The summed E-state index contributed by atoms with van der Waals surface area (Å²) in [5.74, 6) is 0. The molecule has 0 bridgehead atoms. The number of rotatable bonds is 5. The first-order valence-electron chi connectivity index (χ1n) is 5.77. The molecule has 1 N–H and O–H groups in total. The van der Waals surface area contributed by atoms with Crippen LogP contribution in [0.25, 0.3) is 0 Å². The third kappa shape index (κ3) is 8.33. The van der Waals surface area contributed by atoms with Crippen LogP contribution in [-0.4, -0.2) is 18.2 Å². The molecule has 0 saturated carbocycles. The standard InChI is InChI=1S/C13H25NO2/c1-7-13(5,6)9-8-10-14-11(15)16-12(2,3)4/h7H,1,8-10H2,2-6H3,(H,14,15). The van der Waals surface area contributed by atoms with Gasteiger partial charge in [-0.2, -0.15) is 0 Å². The van der Waals surface area contributed by atoms with E-state index in [1.54, 1.807) is 0 Å². The minimum Gasteiger partial charge on any atom is -0.444 e. The summed E-state index contributed by atoms with van der Waals surface area (Å²) in [6, 6.07) is 0. The van der Waals surface area contributed by atoms with Gasteiger partial charge in [-0.05, 0) is 39.0 Å². The molecule has 0 saturated heterocycles. The Morgan fingerprint density at radius 2 is 1.88 bits per heavy atom. The van der Waals surface area contributed by atoms with Gasteiger partial charge in [-0.25, -0.2) is 4.79 Å². The zero-order valence-corrected chi connectivity index (χ0v) is 11.2. The Bertz CT molecular complexity index is 239. The fraction of sp³-hybridized carbons (Fsp3) is 0.769. The average Bonchev–Trinajstić information content (AvgIpc) is 2.10. The minimum atomic E-state index is -0.426. The van der Waals surface area contributed by atoms with Crippen LogP contribution in [0.1, 0.15) is 47.5 Å². The molecule has 3 heteroatoms. The number of alkyl carbamates (subject to hydrolysis) is 1. The molecule has 0 aromatic carbocycles. The number of hydrogen-bond acceptors (Lipinski definition) is 2. The van der Waals surface area contributed by atoms with E-state index in [1.807, 2.05) is 26.8 Å². The number of carbonyl (C=O) groups excluding carboxylic acids is 1. The Kier molecular flexibility index (Phi) is 5.56. The van der Waals surface area contributed by atoms with Crippen molar-refractivity contribution < 1.29 is 9.53 Å². The van der Waals surface area contributed by atoms with Crippen LogP contribution in [0.4, 0.5) is 4.79 Å². The Balaban J connectivity index is 3.68. The largest absolute Gasteiger partial charge is 0.444 e. The third-order valence-electron chi connectivity index (χ3n) is 2.22. The van der Waals surface area contributed by atoms with Crippen LogP contribution in [0.3, 0.4) is 0 Å². The van der Waals surface area contributed by atoms with Gasteiger partial charge in [-0.3, -0.25) is 0 Å². The van der Waals surface area contributed by atoms with Crippen molar-refractivity contribution in [1.29, 1.82) is 0 Å². The molecule has 0 radical (unpaired) electrons. The van der Waals surface area contributed by atoms with Gasteiger partial charge in [0.2, 0.25) is 0 Å². The molecular formula is C13H25NO2. The van der Waals surface area contributed by atoms with Gasteiger partial charge in [0.15, 0.2) is 0 Å². The van der Waals surface area contributed by atoms with Gasteiger partial charge in [0, 0.05) is 6.54 Å². The Hall–Kier alpha value is -0.990. The fourth-order valence-electron chi connectivity index (χ4n) is 1.15. The summed E-state index contributed by atoms with van der Waals surface area (Å²) in [7, 11) is 0. The maximum atomic E-state index is 11.3. The zero-order chi connectivity index (χ0) is 12.8. The summed E-state index contributed by atoms with van der Waals surface area (Å²) in [6.45, 7) is 14.3. The lowest BCUT2D eigenvalue weighted by Crippen LogP contribution is -2.33. The second-order valence-electron chi connectivity index (χ2n) is 5.72. The van der Waals surface area contributed by atoms with E-state index < -0.39 is 5.60 Å². The summed E-state index contributed by atoms with van der Waals surface area (Å²) in [5, 5.41) is 2.74. The monoisotopic (exact) mass is 227 g/mol. The maximum Gasteiger partial charge on any atom is 0.407 e. The van der Waals surface area contributed by atoms with Crippen molar-refractivity contribution in [2.45, 2.75) is 53.1 Å². The van der Waals surface area contributed by atoms with Crippen molar-refractivity contribution >= 4 is 6.09 Å². The van der Waals surface area contributed by atoms with E-state index in [-0.39, 0.29) is 11.5 Å². The van der Waals surface area contributed by atoms with Crippen molar-refractivity contribution in [3.8, 4) is 0 Å². The van der Waals surface area contributed by atoms with Crippen molar-refractivity contribution in [2.24, 2.45) is 5.41 Å². The van der Waals surface area contributed by atoms with E-state index in [0.29, 0.717) is 6.54 Å². The van der Waals surface area contributed by atoms with Crippen molar-refractivity contribution in [1.82, 2.24) is 5.32 Å². The van der Waals surface area contributed by atoms with Gasteiger partial charge in [-0.15, -0.1) is 6.58 Å². The van der Waals surface area contributed by atoms with Crippen LogP contribution in [0.15, 0.2) is 12.7 Å². The molecule has 0 aromatic rings. The molecule has 0 aliphatic heterocycles. The third-order valence-corrected chi connectivity index (χ3v) is 2.22. The normalized spacial score (nSPS) is 12.1. The Morgan fingerprint density at radius 1 is 1.31 bits per heavy atom. The van der Waals surface area contributed by atoms with Crippen LogP contribution in [-0.2, 0) is 4.74 Å². The molecule has 0 atom stereocenters.